The Labute approximate surface area is 281 Å². The van der Waals surface area contributed by atoms with Gasteiger partial charge < -0.3 is 9.47 Å². The summed E-state index contributed by atoms with van der Waals surface area (Å²) in [5.41, 5.74) is 14.6. The van der Waals surface area contributed by atoms with Gasteiger partial charge >= 0.3 is 0 Å². The van der Waals surface area contributed by atoms with Crippen LogP contribution in [0.25, 0.3) is 27.5 Å². The van der Waals surface area contributed by atoms with Crippen molar-refractivity contribution in [2.24, 2.45) is 0 Å². The first-order chi connectivity index (χ1) is 23.6. The molecule has 1 aliphatic heterocycles. The van der Waals surface area contributed by atoms with Crippen LogP contribution in [0.5, 0.6) is 0 Å². The van der Waals surface area contributed by atoms with Crippen LogP contribution in [0, 0.1) is 0 Å². The van der Waals surface area contributed by atoms with E-state index in [1.807, 2.05) is 0 Å². The zero-order valence-corrected chi connectivity index (χ0v) is 27.1. The first-order valence-corrected chi connectivity index (χ1v) is 16.9. The second-order valence-corrected chi connectivity index (χ2v) is 13.7. The van der Waals surface area contributed by atoms with Crippen LogP contribution in [0.15, 0.2) is 170 Å². The Morgan fingerprint density at radius 1 is 0.417 bits per heavy atom. The molecule has 0 amide bonds. The molecule has 1 spiro atoms. The van der Waals surface area contributed by atoms with Crippen LogP contribution in [0.1, 0.15) is 47.2 Å². The monoisotopic (exact) mass is 614 g/mol. The highest BCUT2D eigenvalue weighted by atomic mass is 15.1. The number of anilines is 3. The molecule has 2 heterocycles. The standard InChI is InChI=1S/C46H34N2/c1-45(2)36-22-10-11-23-38(36)46(41-30-33(28-29-37(41)45)47(31-16-5-3-6-17-31)32-18-7-4-8-19-32)39-24-12-14-27-43(39)48-42-26-13-9-20-34(42)35-21-15-25-40(46)44(35)48/h3-30H,1-2H3. The van der Waals surface area contributed by atoms with Crippen LogP contribution in [-0.4, -0.2) is 4.57 Å². The number of benzene rings is 7. The third-order valence-corrected chi connectivity index (χ3v) is 11.0. The van der Waals surface area contributed by atoms with E-state index >= 15 is 0 Å². The van der Waals surface area contributed by atoms with E-state index in [-0.39, 0.29) is 5.41 Å². The lowest BCUT2D eigenvalue weighted by atomic mass is 9.53. The Morgan fingerprint density at radius 2 is 0.979 bits per heavy atom. The van der Waals surface area contributed by atoms with Crippen LogP contribution < -0.4 is 4.90 Å². The molecule has 7 aromatic carbocycles. The zero-order valence-electron chi connectivity index (χ0n) is 27.1. The Bertz CT molecular complexity index is 2500. The summed E-state index contributed by atoms with van der Waals surface area (Å²) < 4.78 is 2.52. The predicted molar refractivity (Wildman–Crippen MR) is 199 cm³/mol. The SMILES string of the molecule is CC1(C)c2ccccc2C2(c3ccccc3-n3c4ccccc4c4cccc2c43)c2cc(N(c3ccccc3)c3ccccc3)ccc21. The van der Waals surface area contributed by atoms with Crippen molar-refractivity contribution in [1.29, 1.82) is 0 Å². The van der Waals surface area contributed by atoms with E-state index in [4.69, 9.17) is 0 Å². The summed E-state index contributed by atoms with van der Waals surface area (Å²) in [5.74, 6) is 0. The molecule has 1 aliphatic carbocycles. The van der Waals surface area contributed by atoms with Gasteiger partial charge in [0.15, 0.2) is 0 Å². The molecule has 0 bridgehead atoms. The summed E-state index contributed by atoms with van der Waals surface area (Å²) in [5, 5.41) is 2.59. The lowest BCUT2D eigenvalue weighted by Crippen LogP contribution is -2.44. The minimum absolute atomic E-state index is 0.201. The fraction of sp³-hybridized carbons (Fsp3) is 0.0870. The largest absolute Gasteiger partial charge is 0.310 e. The number of fused-ring (bicyclic) bond motifs is 11. The first kappa shape index (κ1) is 27.3. The number of para-hydroxylation sites is 5. The molecule has 1 aromatic heterocycles. The Kier molecular flexibility index (Phi) is 5.58. The summed E-state index contributed by atoms with van der Waals surface area (Å²) in [4.78, 5) is 2.40. The van der Waals surface area contributed by atoms with Crippen molar-refractivity contribution in [1.82, 2.24) is 4.57 Å². The average Bonchev–Trinajstić information content (AvgIpc) is 3.48. The highest BCUT2D eigenvalue weighted by Gasteiger charge is 2.52. The van der Waals surface area contributed by atoms with Gasteiger partial charge in [0.25, 0.3) is 0 Å². The average molecular weight is 615 g/mol. The van der Waals surface area contributed by atoms with E-state index < -0.39 is 5.41 Å². The molecule has 228 valence electrons. The highest BCUT2D eigenvalue weighted by molar-refractivity contribution is 6.12. The van der Waals surface area contributed by atoms with Crippen LogP contribution >= 0.6 is 0 Å². The van der Waals surface area contributed by atoms with E-state index in [0.717, 1.165) is 17.1 Å². The van der Waals surface area contributed by atoms with Crippen LogP contribution in [0.2, 0.25) is 0 Å². The molecular weight excluding hydrogens is 581 g/mol. The second-order valence-electron chi connectivity index (χ2n) is 13.7. The van der Waals surface area contributed by atoms with Gasteiger partial charge in [-0.1, -0.05) is 135 Å². The molecule has 1 atom stereocenters. The van der Waals surface area contributed by atoms with Gasteiger partial charge in [0, 0.05) is 33.2 Å². The van der Waals surface area contributed by atoms with Crippen molar-refractivity contribution in [2.45, 2.75) is 24.7 Å². The minimum atomic E-state index is -0.531. The van der Waals surface area contributed by atoms with Crippen molar-refractivity contribution in [3.63, 3.8) is 0 Å². The normalized spacial score (nSPS) is 16.8. The van der Waals surface area contributed by atoms with E-state index in [0.29, 0.717) is 0 Å². The van der Waals surface area contributed by atoms with Gasteiger partial charge in [0.1, 0.15) is 0 Å². The fourth-order valence-corrected chi connectivity index (χ4v) is 9.06. The minimum Gasteiger partial charge on any atom is -0.310 e. The lowest BCUT2D eigenvalue weighted by Gasteiger charge is -2.50. The Morgan fingerprint density at radius 3 is 1.73 bits per heavy atom. The molecule has 10 rings (SSSR count). The van der Waals surface area contributed by atoms with Crippen molar-refractivity contribution < 1.29 is 0 Å². The Balaban J connectivity index is 1.39. The van der Waals surface area contributed by atoms with E-state index in [9.17, 15) is 0 Å². The molecule has 48 heavy (non-hydrogen) atoms. The summed E-state index contributed by atoms with van der Waals surface area (Å²) in [6, 6.07) is 62.9. The summed E-state index contributed by atoms with van der Waals surface area (Å²) in [7, 11) is 0. The molecule has 0 radical (unpaired) electrons. The van der Waals surface area contributed by atoms with Gasteiger partial charge in [0.2, 0.25) is 0 Å². The number of hydrogen-bond acceptors (Lipinski definition) is 1. The molecule has 0 saturated heterocycles. The maximum absolute atomic E-state index is 2.52. The third-order valence-electron chi connectivity index (χ3n) is 11.0. The van der Waals surface area contributed by atoms with Gasteiger partial charge in [-0.05, 0) is 81.9 Å². The topological polar surface area (TPSA) is 8.17 Å². The molecule has 8 aromatic rings. The van der Waals surface area contributed by atoms with Crippen molar-refractivity contribution in [3.05, 3.63) is 203 Å². The number of rotatable bonds is 3. The molecular formula is C46H34N2. The number of hydrogen-bond donors (Lipinski definition) is 0. The lowest BCUT2D eigenvalue weighted by molar-refractivity contribution is 0.556. The van der Waals surface area contributed by atoms with Gasteiger partial charge in [-0.15, -0.1) is 0 Å². The molecule has 0 saturated carbocycles. The van der Waals surface area contributed by atoms with Gasteiger partial charge in [-0.25, -0.2) is 0 Å². The second kappa shape index (κ2) is 9.82. The van der Waals surface area contributed by atoms with Crippen LogP contribution in [0.3, 0.4) is 0 Å². The molecule has 2 nitrogen and oxygen atoms in total. The van der Waals surface area contributed by atoms with Gasteiger partial charge in [-0.2, -0.15) is 0 Å². The van der Waals surface area contributed by atoms with Crippen LogP contribution in [-0.2, 0) is 10.8 Å². The number of aromatic nitrogens is 1. The van der Waals surface area contributed by atoms with Crippen molar-refractivity contribution >= 4 is 38.9 Å². The third kappa shape index (κ3) is 3.42. The zero-order chi connectivity index (χ0) is 32.0. The smallest absolute Gasteiger partial charge is 0.0749 e. The maximum atomic E-state index is 2.52. The van der Waals surface area contributed by atoms with Crippen molar-refractivity contribution in [2.75, 3.05) is 4.90 Å². The maximum Gasteiger partial charge on any atom is 0.0749 e. The first-order valence-electron chi connectivity index (χ1n) is 16.9. The van der Waals surface area contributed by atoms with E-state index in [1.165, 1.54) is 60.9 Å². The molecule has 1 unspecified atom stereocenters. The fourth-order valence-electron chi connectivity index (χ4n) is 9.06. The van der Waals surface area contributed by atoms with Crippen molar-refractivity contribution in [3.8, 4) is 5.69 Å². The predicted octanol–water partition coefficient (Wildman–Crippen LogP) is 11.6. The molecule has 0 N–H and O–H groups in total. The van der Waals surface area contributed by atoms with E-state index in [1.54, 1.807) is 0 Å². The van der Waals surface area contributed by atoms with Crippen LogP contribution in [0.4, 0.5) is 17.1 Å². The number of nitrogens with zero attached hydrogens (tertiary/aromatic N) is 2. The quantitative estimate of drug-likeness (QED) is 0.192. The Hall–Kier alpha value is -5.86. The summed E-state index contributed by atoms with van der Waals surface area (Å²) in [6.07, 6.45) is 0. The molecule has 2 heteroatoms. The highest BCUT2D eigenvalue weighted by Crippen LogP contribution is 2.61. The van der Waals surface area contributed by atoms with Gasteiger partial charge in [0.05, 0.1) is 22.1 Å². The van der Waals surface area contributed by atoms with Gasteiger partial charge in [-0.3, -0.25) is 0 Å². The summed E-state index contributed by atoms with van der Waals surface area (Å²) in [6.45, 7) is 4.80. The van der Waals surface area contributed by atoms with E-state index in [2.05, 4.69) is 193 Å². The molecule has 0 fully saturated rings. The summed E-state index contributed by atoms with van der Waals surface area (Å²) >= 11 is 0. The molecule has 2 aliphatic rings.